The van der Waals surface area contributed by atoms with E-state index in [1.165, 1.54) is 0 Å². The molecule has 0 bridgehead atoms. The van der Waals surface area contributed by atoms with E-state index in [0.717, 1.165) is 16.1 Å². The van der Waals surface area contributed by atoms with Crippen LogP contribution in [0.4, 0.5) is 0 Å². The van der Waals surface area contributed by atoms with E-state index in [1.807, 2.05) is 29.0 Å². The lowest BCUT2D eigenvalue weighted by molar-refractivity contribution is 0.0802. The van der Waals surface area contributed by atoms with Crippen LogP contribution >= 0.6 is 11.3 Å². The minimum atomic E-state index is -1.00. The van der Waals surface area contributed by atoms with E-state index in [4.69, 9.17) is 5.11 Å². The fourth-order valence-corrected chi connectivity index (χ4v) is 3.58. The van der Waals surface area contributed by atoms with E-state index in [0.29, 0.717) is 17.5 Å². The molecule has 3 rings (SSSR count). The van der Waals surface area contributed by atoms with E-state index < -0.39 is 12.7 Å². The highest BCUT2D eigenvalue weighted by atomic mass is 32.1. The van der Waals surface area contributed by atoms with Crippen LogP contribution < -0.4 is 5.32 Å². The number of carbonyl (C=O) groups excluding carboxylic acids is 1. The number of carbonyl (C=O) groups is 1. The minimum Gasteiger partial charge on any atom is -0.508 e. The maximum Gasteiger partial charge on any atom is 0.253 e. The Labute approximate surface area is 149 Å². The zero-order valence-electron chi connectivity index (χ0n) is 13.8. The molecule has 1 unspecified atom stereocenters. The molecular weight excluding hydrogens is 340 g/mol. The maximum atomic E-state index is 12.6. The number of rotatable bonds is 6. The zero-order valence-corrected chi connectivity index (χ0v) is 14.6. The van der Waals surface area contributed by atoms with Gasteiger partial charge in [0, 0.05) is 28.0 Å². The number of phenols is 1. The first-order valence-electron chi connectivity index (χ1n) is 7.92. The molecule has 0 radical (unpaired) electrons. The van der Waals surface area contributed by atoms with Gasteiger partial charge in [-0.2, -0.15) is 0 Å². The molecule has 1 aromatic carbocycles. The van der Waals surface area contributed by atoms with Crippen LogP contribution in [-0.2, 0) is 6.54 Å². The van der Waals surface area contributed by atoms with Gasteiger partial charge in [0.1, 0.15) is 5.75 Å². The Balaban J connectivity index is 2.03. The van der Waals surface area contributed by atoms with Crippen LogP contribution in [0.5, 0.6) is 5.75 Å². The van der Waals surface area contributed by atoms with Crippen molar-refractivity contribution >= 4 is 28.1 Å². The van der Waals surface area contributed by atoms with Gasteiger partial charge >= 0.3 is 0 Å². The number of aliphatic hydroxyl groups excluding tert-OH is 2. The molecule has 25 heavy (non-hydrogen) atoms. The topological polar surface area (TPSA) is 94.7 Å². The molecule has 0 fully saturated rings. The Kier molecular flexibility index (Phi) is 5.08. The van der Waals surface area contributed by atoms with E-state index in [2.05, 4.69) is 5.32 Å². The fourth-order valence-electron chi connectivity index (χ4n) is 2.88. The second kappa shape index (κ2) is 7.26. The average molecular weight is 360 g/mol. The van der Waals surface area contributed by atoms with Crippen LogP contribution in [0.25, 0.3) is 10.9 Å². The molecule has 0 saturated carbocycles. The van der Waals surface area contributed by atoms with Gasteiger partial charge in [0.2, 0.25) is 0 Å². The third-order valence-corrected chi connectivity index (χ3v) is 5.00. The van der Waals surface area contributed by atoms with E-state index in [9.17, 15) is 15.0 Å². The zero-order chi connectivity index (χ0) is 18.0. The number of thiophene rings is 1. The van der Waals surface area contributed by atoms with Gasteiger partial charge in [0.15, 0.2) is 0 Å². The maximum absolute atomic E-state index is 12.6. The monoisotopic (exact) mass is 360 g/mol. The summed E-state index contributed by atoms with van der Waals surface area (Å²) >= 11 is 1.64. The highest BCUT2D eigenvalue weighted by Gasteiger charge is 2.21. The van der Waals surface area contributed by atoms with Crippen LogP contribution in [-0.4, -0.2) is 45.0 Å². The smallest absolute Gasteiger partial charge is 0.253 e. The summed E-state index contributed by atoms with van der Waals surface area (Å²) in [5, 5.41) is 33.5. The van der Waals surface area contributed by atoms with Gasteiger partial charge in [-0.25, -0.2) is 0 Å². The highest BCUT2D eigenvalue weighted by molar-refractivity contribution is 7.09. The van der Waals surface area contributed by atoms with Crippen molar-refractivity contribution in [3.05, 3.63) is 51.8 Å². The molecule has 1 amide bonds. The van der Waals surface area contributed by atoms with Crippen molar-refractivity contribution in [3.63, 3.8) is 0 Å². The number of aromatic nitrogens is 1. The number of hydrogen-bond donors (Lipinski definition) is 4. The summed E-state index contributed by atoms with van der Waals surface area (Å²) in [6, 6.07) is 8.99. The second-order valence-electron chi connectivity index (χ2n) is 5.87. The van der Waals surface area contributed by atoms with Crippen molar-refractivity contribution in [2.45, 2.75) is 19.6 Å². The molecule has 2 aromatic heterocycles. The Morgan fingerprint density at radius 3 is 2.84 bits per heavy atom. The molecule has 4 N–H and O–H groups in total. The standard InChI is InChI=1S/C18H20N2O4S/c1-11-17(18(24)19-8-13(23)10-21)15-7-12(22)4-5-16(15)20(11)9-14-3-2-6-25-14/h2-7,13,21-23H,8-10H2,1H3,(H,19,24). The molecule has 0 saturated heterocycles. The van der Waals surface area contributed by atoms with E-state index in [1.54, 1.807) is 29.5 Å². The van der Waals surface area contributed by atoms with E-state index >= 15 is 0 Å². The molecule has 0 aliphatic carbocycles. The van der Waals surface area contributed by atoms with Gasteiger partial charge in [-0.3, -0.25) is 4.79 Å². The average Bonchev–Trinajstić information content (AvgIpc) is 3.19. The number of hydrogen-bond acceptors (Lipinski definition) is 5. The molecule has 6 nitrogen and oxygen atoms in total. The lowest BCUT2D eigenvalue weighted by Gasteiger charge is -2.10. The Morgan fingerprint density at radius 2 is 2.16 bits per heavy atom. The Bertz CT molecular complexity index is 886. The summed E-state index contributed by atoms with van der Waals surface area (Å²) in [5.74, 6) is -0.254. The summed E-state index contributed by atoms with van der Waals surface area (Å²) in [6.07, 6.45) is -1.00. The quantitative estimate of drug-likeness (QED) is 0.540. The second-order valence-corrected chi connectivity index (χ2v) is 6.91. The molecule has 0 spiro atoms. The number of phenolic OH excluding ortho intramolecular Hbond substituents is 1. The molecule has 0 aliphatic heterocycles. The van der Waals surface area contributed by atoms with Gasteiger partial charge in [-0.15, -0.1) is 11.3 Å². The first kappa shape index (κ1) is 17.5. The van der Waals surface area contributed by atoms with Crippen LogP contribution in [0.2, 0.25) is 0 Å². The normalized spacial score (nSPS) is 12.4. The van der Waals surface area contributed by atoms with E-state index in [-0.39, 0.29) is 18.2 Å². The third-order valence-electron chi connectivity index (χ3n) is 4.14. The first-order chi connectivity index (χ1) is 12.0. The number of nitrogens with zero attached hydrogens (tertiary/aromatic N) is 1. The molecule has 0 aliphatic rings. The van der Waals surface area contributed by atoms with Crippen molar-refractivity contribution in [3.8, 4) is 5.75 Å². The van der Waals surface area contributed by atoms with Gasteiger partial charge < -0.3 is 25.2 Å². The summed E-state index contributed by atoms with van der Waals surface area (Å²) in [4.78, 5) is 13.8. The largest absolute Gasteiger partial charge is 0.508 e. The fraction of sp³-hybridized carbons (Fsp3) is 0.278. The molecule has 3 aromatic rings. The summed E-state index contributed by atoms with van der Waals surface area (Å²) in [7, 11) is 0. The minimum absolute atomic E-state index is 0.0365. The number of nitrogens with one attached hydrogen (secondary N) is 1. The Hall–Kier alpha value is -2.35. The van der Waals surface area contributed by atoms with Crippen LogP contribution in [0.15, 0.2) is 35.7 Å². The van der Waals surface area contributed by atoms with Crippen LogP contribution in [0.1, 0.15) is 20.9 Å². The first-order valence-corrected chi connectivity index (χ1v) is 8.80. The number of aliphatic hydroxyl groups is 2. The van der Waals surface area contributed by atoms with Gasteiger partial charge in [0.05, 0.1) is 24.8 Å². The number of aromatic hydroxyl groups is 1. The number of amides is 1. The van der Waals surface area contributed by atoms with Crippen molar-refractivity contribution in [1.82, 2.24) is 9.88 Å². The van der Waals surface area contributed by atoms with Gasteiger partial charge in [-0.05, 0) is 36.6 Å². The third kappa shape index (κ3) is 3.53. The predicted molar refractivity (Wildman–Crippen MR) is 97.2 cm³/mol. The summed E-state index contributed by atoms with van der Waals surface area (Å²) < 4.78 is 2.04. The molecule has 7 heteroatoms. The van der Waals surface area contributed by atoms with Gasteiger partial charge in [-0.1, -0.05) is 6.07 Å². The lowest BCUT2D eigenvalue weighted by atomic mass is 10.1. The molecule has 132 valence electrons. The highest BCUT2D eigenvalue weighted by Crippen LogP contribution is 2.30. The van der Waals surface area contributed by atoms with Crippen molar-refractivity contribution in [1.29, 1.82) is 0 Å². The SMILES string of the molecule is Cc1c(C(=O)NCC(O)CO)c2cc(O)ccc2n1Cc1cccs1. The van der Waals surface area contributed by atoms with Crippen LogP contribution in [0, 0.1) is 6.92 Å². The summed E-state index contributed by atoms with van der Waals surface area (Å²) in [5.41, 5.74) is 2.11. The number of benzene rings is 1. The van der Waals surface area contributed by atoms with Crippen molar-refractivity contribution in [2.75, 3.05) is 13.2 Å². The lowest BCUT2D eigenvalue weighted by Crippen LogP contribution is -2.34. The van der Waals surface area contributed by atoms with Crippen molar-refractivity contribution < 1.29 is 20.1 Å². The van der Waals surface area contributed by atoms with Gasteiger partial charge in [0.25, 0.3) is 5.91 Å². The Morgan fingerprint density at radius 1 is 1.36 bits per heavy atom. The number of fused-ring (bicyclic) bond motifs is 1. The predicted octanol–water partition coefficient (Wildman–Crippen LogP) is 1.85. The van der Waals surface area contributed by atoms with Crippen molar-refractivity contribution in [2.24, 2.45) is 0 Å². The molecule has 1 atom stereocenters. The molecule has 2 heterocycles. The van der Waals surface area contributed by atoms with Crippen LogP contribution in [0.3, 0.4) is 0 Å². The molecular formula is C18H20N2O4S. The summed E-state index contributed by atoms with van der Waals surface area (Å²) in [6.45, 7) is 2.05.